The fourth-order valence-corrected chi connectivity index (χ4v) is 1.66. The number of thioether (sulfide) groups is 1. The molecule has 60 valence electrons. The lowest BCUT2D eigenvalue weighted by molar-refractivity contribution is -0.115. The Hall–Kier alpha value is -0.350. The summed E-state index contributed by atoms with van der Waals surface area (Å²) in [5.74, 6) is 0.560. The highest BCUT2D eigenvalue weighted by Crippen LogP contribution is 2.19. The van der Waals surface area contributed by atoms with Crippen LogP contribution in [0.2, 0.25) is 0 Å². The summed E-state index contributed by atoms with van der Waals surface area (Å²) in [6.07, 6.45) is 2.57. The minimum absolute atomic E-state index is 0.0163. The Bertz CT molecular complexity index is 210. The van der Waals surface area contributed by atoms with Gasteiger partial charge in [-0.1, -0.05) is 11.8 Å². The first kappa shape index (κ1) is 7.31. The number of aliphatic imine (C=N–C) groups is 1. The molecule has 0 atom stereocenters. The number of amides is 1. The van der Waals surface area contributed by atoms with Gasteiger partial charge in [0.05, 0.1) is 10.8 Å². The first-order valence-corrected chi connectivity index (χ1v) is 4.80. The van der Waals surface area contributed by atoms with Gasteiger partial charge in [0.25, 0.3) is 5.91 Å². The standard InChI is InChI=1S/C7H10N2OS/c10-6-4-11-7(9-6)3-8-5-1-2-5/h5,8H,1-4H2. The van der Waals surface area contributed by atoms with Gasteiger partial charge in [0.2, 0.25) is 0 Å². The van der Waals surface area contributed by atoms with Gasteiger partial charge in [0.1, 0.15) is 0 Å². The maximum Gasteiger partial charge on any atom is 0.256 e. The fourth-order valence-electron chi connectivity index (χ4n) is 0.958. The van der Waals surface area contributed by atoms with Crippen LogP contribution >= 0.6 is 11.8 Å². The summed E-state index contributed by atoms with van der Waals surface area (Å²) in [6.45, 7) is 0.793. The molecule has 1 fully saturated rings. The lowest BCUT2D eigenvalue weighted by atomic mass is 10.6. The Morgan fingerprint density at radius 2 is 2.45 bits per heavy atom. The minimum atomic E-state index is 0.0163. The van der Waals surface area contributed by atoms with Crippen molar-refractivity contribution >= 4 is 22.7 Å². The molecule has 0 saturated heterocycles. The van der Waals surface area contributed by atoms with E-state index in [0.29, 0.717) is 11.8 Å². The van der Waals surface area contributed by atoms with Crippen molar-refractivity contribution in [2.24, 2.45) is 4.99 Å². The number of nitrogens with one attached hydrogen (secondary N) is 1. The zero-order valence-electron chi connectivity index (χ0n) is 6.17. The van der Waals surface area contributed by atoms with Crippen molar-refractivity contribution in [1.29, 1.82) is 0 Å². The average molecular weight is 170 g/mol. The second kappa shape index (κ2) is 2.95. The van der Waals surface area contributed by atoms with Crippen LogP contribution in [0.4, 0.5) is 0 Å². The number of carbonyl (C=O) groups excluding carboxylic acids is 1. The molecule has 0 spiro atoms. The van der Waals surface area contributed by atoms with Crippen molar-refractivity contribution in [3.8, 4) is 0 Å². The van der Waals surface area contributed by atoms with Gasteiger partial charge in [0, 0.05) is 12.6 Å². The van der Waals surface area contributed by atoms with Crippen molar-refractivity contribution < 1.29 is 4.79 Å². The number of carbonyl (C=O) groups is 1. The van der Waals surface area contributed by atoms with Gasteiger partial charge in [-0.3, -0.25) is 4.79 Å². The third kappa shape index (κ3) is 2.04. The third-order valence-corrected chi connectivity index (χ3v) is 2.69. The molecule has 1 aliphatic heterocycles. The molecule has 1 heterocycles. The quantitative estimate of drug-likeness (QED) is 0.667. The second-order valence-electron chi connectivity index (χ2n) is 2.84. The fraction of sp³-hybridized carbons (Fsp3) is 0.714. The maximum absolute atomic E-state index is 10.7. The Morgan fingerprint density at radius 1 is 1.64 bits per heavy atom. The highest BCUT2D eigenvalue weighted by atomic mass is 32.2. The molecule has 11 heavy (non-hydrogen) atoms. The second-order valence-corrected chi connectivity index (χ2v) is 3.89. The molecule has 1 saturated carbocycles. The van der Waals surface area contributed by atoms with Crippen LogP contribution < -0.4 is 5.32 Å². The highest BCUT2D eigenvalue weighted by Gasteiger charge is 2.22. The molecule has 4 heteroatoms. The minimum Gasteiger partial charge on any atom is -0.308 e. The van der Waals surface area contributed by atoms with Crippen LogP contribution in [0, 0.1) is 0 Å². The van der Waals surface area contributed by atoms with E-state index in [9.17, 15) is 4.79 Å². The number of rotatable bonds is 3. The van der Waals surface area contributed by atoms with Crippen LogP contribution in [-0.2, 0) is 4.79 Å². The van der Waals surface area contributed by atoms with E-state index >= 15 is 0 Å². The maximum atomic E-state index is 10.7. The molecule has 1 amide bonds. The molecule has 0 aromatic rings. The SMILES string of the molecule is O=C1CSC(CNC2CC2)=N1. The van der Waals surface area contributed by atoms with E-state index in [1.54, 1.807) is 11.8 Å². The smallest absolute Gasteiger partial charge is 0.256 e. The summed E-state index contributed by atoms with van der Waals surface area (Å²) < 4.78 is 0. The Kier molecular flexibility index (Phi) is 1.96. The van der Waals surface area contributed by atoms with Crippen LogP contribution in [0.5, 0.6) is 0 Å². The summed E-state index contributed by atoms with van der Waals surface area (Å²) in [5.41, 5.74) is 0. The van der Waals surface area contributed by atoms with E-state index in [4.69, 9.17) is 0 Å². The molecule has 0 radical (unpaired) electrons. The summed E-state index contributed by atoms with van der Waals surface area (Å²) in [6, 6.07) is 0.703. The van der Waals surface area contributed by atoms with Crippen LogP contribution in [-0.4, -0.2) is 29.3 Å². The van der Waals surface area contributed by atoms with E-state index in [0.717, 1.165) is 11.6 Å². The first-order valence-electron chi connectivity index (χ1n) is 3.81. The largest absolute Gasteiger partial charge is 0.308 e. The highest BCUT2D eigenvalue weighted by molar-refractivity contribution is 8.15. The van der Waals surface area contributed by atoms with Crippen molar-refractivity contribution in [2.75, 3.05) is 12.3 Å². The molecule has 0 aromatic carbocycles. The van der Waals surface area contributed by atoms with E-state index in [1.165, 1.54) is 12.8 Å². The lowest BCUT2D eigenvalue weighted by Gasteiger charge is -1.98. The van der Waals surface area contributed by atoms with Crippen molar-refractivity contribution in [3.63, 3.8) is 0 Å². The average Bonchev–Trinajstić information content (AvgIpc) is 2.72. The molecule has 0 bridgehead atoms. The summed E-state index contributed by atoms with van der Waals surface area (Å²) in [4.78, 5) is 14.5. The molecular formula is C7H10N2OS. The molecule has 2 aliphatic rings. The van der Waals surface area contributed by atoms with Gasteiger partial charge < -0.3 is 5.32 Å². The van der Waals surface area contributed by atoms with E-state index in [1.807, 2.05) is 0 Å². The number of hydrogen-bond donors (Lipinski definition) is 1. The molecule has 1 aliphatic carbocycles. The molecule has 0 aromatic heterocycles. The van der Waals surface area contributed by atoms with Gasteiger partial charge in [-0.2, -0.15) is 0 Å². The van der Waals surface area contributed by atoms with Gasteiger partial charge in [-0.05, 0) is 12.8 Å². The van der Waals surface area contributed by atoms with E-state index < -0.39 is 0 Å². The van der Waals surface area contributed by atoms with Crippen molar-refractivity contribution in [1.82, 2.24) is 5.32 Å². The van der Waals surface area contributed by atoms with E-state index in [-0.39, 0.29) is 5.91 Å². The van der Waals surface area contributed by atoms with Crippen LogP contribution in [0.1, 0.15) is 12.8 Å². The van der Waals surface area contributed by atoms with Gasteiger partial charge in [0.15, 0.2) is 0 Å². The molecule has 3 nitrogen and oxygen atoms in total. The monoisotopic (exact) mass is 170 g/mol. The number of nitrogens with zero attached hydrogens (tertiary/aromatic N) is 1. The van der Waals surface area contributed by atoms with Gasteiger partial charge in [-0.25, -0.2) is 4.99 Å². The number of hydrogen-bond acceptors (Lipinski definition) is 3. The van der Waals surface area contributed by atoms with Crippen LogP contribution in [0.15, 0.2) is 4.99 Å². The topological polar surface area (TPSA) is 41.5 Å². The zero-order chi connectivity index (χ0) is 7.68. The summed E-state index contributed by atoms with van der Waals surface area (Å²) >= 11 is 1.56. The van der Waals surface area contributed by atoms with Crippen LogP contribution in [0.25, 0.3) is 0 Å². The zero-order valence-corrected chi connectivity index (χ0v) is 6.99. The predicted molar refractivity (Wildman–Crippen MR) is 45.9 cm³/mol. The molecule has 0 unspecified atom stereocenters. The van der Waals surface area contributed by atoms with Gasteiger partial charge in [-0.15, -0.1) is 0 Å². The molecule has 2 rings (SSSR count). The molecular weight excluding hydrogens is 160 g/mol. The van der Waals surface area contributed by atoms with Crippen molar-refractivity contribution in [2.45, 2.75) is 18.9 Å². The van der Waals surface area contributed by atoms with Crippen LogP contribution in [0.3, 0.4) is 0 Å². The normalized spacial score (nSPS) is 24.0. The Balaban J connectivity index is 1.76. The van der Waals surface area contributed by atoms with Crippen molar-refractivity contribution in [3.05, 3.63) is 0 Å². The Morgan fingerprint density at radius 3 is 3.00 bits per heavy atom. The first-order chi connectivity index (χ1) is 5.34. The Labute approximate surface area is 69.6 Å². The predicted octanol–water partition coefficient (Wildman–Crippen LogP) is 0.410. The van der Waals surface area contributed by atoms with Gasteiger partial charge >= 0.3 is 0 Å². The lowest BCUT2D eigenvalue weighted by Crippen LogP contribution is -2.22. The van der Waals surface area contributed by atoms with E-state index in [2.05, 4.69) is 10.3 Å². The molecule has 1 N–H and O–H groups in total. The summed E-state index contributed by atoms with van der Waals surface area (Å²) in [7, 11) is 0. The summed E-state index contributed by atoms with van der Waals surface area (Å²) in [5, 5.41) is 4.28. The third-order valence-electron chi connectivity index (χ3n) is 1.73.